The van der Waals surface area contributed by atoms with E-state index in [-0.39, 0.29) is 18.2 Å². The zero-order valence-corrected chi connectivity index (χ0v) is 11.4. The lowest BCUT2D eigenvalue weighted by Crippen LogP contribution is -2.29. The van der Waals surface area contributed by atoms with Crippen molar-refractivity contribution in [3.05, 3.63) is 35.2 Å². The van der Waals surface area contributed by atoms with Gasteiger partial charge >= 0.3 is 5.97 Å². The molecule has 0 fully saturated rings. The Bertz CT molecular complexity index is 606. The van der Waals surface area contributed by atoms with E-state index in [0.29, 0.717) is 12.1 Å². The van der Waals surface area contributed by atoms with Crippen LogP contribution in [0.4, 0.5) is 0 Å². The molecule has 0 saturated carbocycles. The number of carbonyl (C=O) groups is 2. The third-order valence-corrected chi connectivity index (χ3v) is 3.82. The van der Waals surface area contributed by atoms with Crippen LogP contribution in [0.1, 0.15) is 23.7 Å². The van der Waals surface area contributed by atoms with Gasteiger partial charge < -0.3 is 10.4 Å². The topological polar surface area (TPSA) is 66.4 Å². The van der Waals surface area contributed by atoms with Crippen LogP contribution >= 0.6 is 11.3 Å². The van der Waals surface area contributed by atoms with E-state index in [1.807, 2.05) is 29.6 Å². The normalized spacial score (nSPS) is 12.3. The highest BCUT2D eigenvalue weighted by molar-refractivity contribution is 7.17. The Hall–Kier alpha value is -1.88. The van der Waals surface area contributed by atoms with Crippen LogP contribution in [0.25, 0.3) is 10.1 Å². The lowest BCUT2D eigenvalue weighted by Gasteiger charge is -2.09. The van der Waals surface area contributed by atoms with Crippen molar-refractivity contribution in [3.8, 4) is 0 Å². The summed E-state index contributed by atoms with van der Waals surface area (Å²) < 4.78 is 1.08. The zero-order chi connectivity index (χ0) is 13.8. The highest BCUT2D eigenvalue weighted by Gasteiger charge is 2.13. The van der Waals surface area contributed by atoms with Gasteiger partial charge in [-0.2, -0.15) is 0 Å². The molecule has 1 unspecified atom stereocenters. The molecule has 2 rings (SSSR count). The largest absolute Gasteiger partial charge is 0.481 e. The van der Waals surface area contributed by atoms with Crippen molar-refractivity contribution in [2.75, 3.05) is 6.54 Å². The zero-order valence-electron chi connectivity index (χ0n) is 10.6. The van der Waals surface area contributed by atoms with Crippen molar-refractivity contribution >= 4 is 33.3 Å². The van der Waals surface area contributed by atoms with Crippen molar-refractivity contribution in [1.29, 1.82) is 0 Å². The summed E-state index contributed by atoms with van der Waals surface area (Å²) in [6.07, 6.45) is 0.0602. The fourth-order valence-corrected chi connectivity index (χ4v) is 2.83. The van der Waals surface area contributed by atoms with E-state index in [0.717, 1.165) is 10.1 Å². The highest BCUT2D eigenvalue weighted by Crippen LogP contribution is 2.25. The quantitative estimate of drug-likeness (QED) is 0.883. The van der Waals surface area contributed by atoms with Gasteiger partial charge in [0.05, 0.1) is 5.56 Å². The number of hydrogen-bond donors (Lipinski definition) is 2. The van der Waals surface area contributed by atoms with Gasteiger partial charge in [0.2, 0.25) is 0 Å². The molecule has 2 N–H and O–H groups in total. The minimum atomic E-state index is -0.845. The molecule has 0 aliphatic heterocycles. The summed E-state index contributed by atoms with van der Waals surface area (Å²) in [6, 6.07) is 7.74. The second kappa shape index (κ2) is 5.84. The average Bonchev–Trinajstić information content (AvgIpc) is 2.79. The van der Waals surface area contributed by atoms with E-state index in [2.05, 4.69) is 5.32 Å². The van der Waals surface area contributed by atoms with Gasteiger partial charge in [-0.25, -0.2) is 0 Å². The summed E-state index contributed by atoms with van der Waals surface area (Å²) in [5.41, 5.74) is 0.656. The van der Waals surface area contributed by atoms with Gasteiger partial charge in [-0.05, 0) is 12.0 Å². The Morgan fingerprint density at radius 3 is 2.84 bits per heavy atom. The summed E-state index contributed by atoms with van der Waals surface area (Å²) in [6.45, 7) is 2.18. The van der Waals surface area contributed by atoms with E-state index in [1.54, 1.807) is 6.92 Å². The Labute approximate surface area is 115 Å². The maximum Gasteiger partial charge on any atom is 0.303 e. The first-order chi connectivity index (χ1) is 9.08. The van der Waals surface area contributed by atoms with Crippen LogP contribution in [0, 0.1) is 5.92 Å². The molecular formula is C14H15NO3S. The Kier molecular flexibility index (Phi) is 4.16. The molecule has 0 bridgehead atoms. The molecule has 0 saturated heterocycles. The molecule has 4 nitrogen and oxygen atoms in total. The van der Waals surface area contributed by atoms with E-state index < -0.39 is 5.97 Å². The fraction of sp³-hybridized carbons (Fsp3) is 0.286. The van der Waals surface area contributed by atoms with Crippen LogP contribution in [0.2, 0.25) is 0 Å². The van der Waals surface area contributed by atoms with Crippen molar-refractivity contribution in [3.63, 3.8) is 0 Å². The number of rotatable bonds is 5. The van der Waals surface area contributed by atoms with Crippen LogP contribution in [0.5, 0.6) is 0 Å². The van der Waals surface area contributed by atoms with Crippen LogP contribution < -0.4 is 5.32 Å². The second-order valence-electron chi connectivity index (χ2n) is 4.56. The summed E-state index contributed by atoms with van der Waals surface area (Å²) in [5.74, 6) is -1.07. The molecule has 1 atom stereocenters. The predicted octanol–water partition coefficient (Wildman–Crippen LogP) is 2.74. The summed E-state index contributed by atoms with van der Waals surface area (Å²) in [5, 5.41) is 14.2. The van der Waals surface area contributed by atoms with Gasteiger partial charge in [0.1, 0.15) is 0 Å². The molecule has 1 aromatic heterocycles. The number of fused-ring (bicyclic) bond motifs is 1. The van der Waals surface area contributed by atoms with Crippen molar-refractivity contribution in [2.45, 2.75) is 13.3 Å². The molecular weight excluding hydrogens is 262 g/mol. The van der Waals surface area contributed by atoms with Gasteiger partial charge in [-0.15, -0.1) is 11.3 Å². The first kappa shape index (κ1) is 13.5. The van der Waals surface area contributed by atoms with Gasteiger partial charge in [-0.1, -0.05) is 25.1 Å². The molecule has 0 aliphatic carbocycles. The third kappa shape index (κ3) is 3.32. The monoisotopic (exact) mass is 277 g/mol. The molecule has 19 heavy (non-hydrogen) atoms. The van der Waals surface area contributed by atoms with Crippen LogP contribution in [0.15, 0.2) is 29.6 Å². The van der Waals surface area contributed by atoms with Crippen molar-refractivity contribution in [1.82, 2.24) is 5.32 Å². The lowest BCUT2D eigenvalue weighted by atomic mass is 10.1. The second-order valence-corrected chi connectivity index (χ2v) is 5.47. The van der Waals surface area contributed by atoms with Crippen molar-refractivity contribution in [2.24, 2.45) is 5.92 Å². The standard InChI is InChI=1S/C14H15NO3S/c1-9(6-13(16)17)7-15-14(18)11-8-19-12-5-3-2-4-10(11)12/h2-5,8-9H,6-7H2,1H3,(H,15,18)(H,16,17). The molecule has 1 amide bonds. The maximum atomic E-state index is 12.1. The first-order valence-corrected chi connectivity index (χ1v) is 6.92. The molecule has 0 spiro atoms. The van der Waals surface area contributed by atoms with Gasteiger partial charge in [-0.3, -0.25) is 9.59 Å². The van der Waals surface area contributed by atoms with E-state index in [1.165, 1.54) is 11.3 Å². The molecule has 0 aliphatic rings. The van der Waals surface area contributed by atoms with E-state index >= 15 is 0 Å². The molecule has 0 radical (unpaired) electrons. The molecule has 1 heterocycles. The molecule has 100 valence electrons. The van der Waals surface area contributed by atoms with E-state index in [4.69, 9.17) is 5.11 Å². The smallest absolute Gasteiger partial charge is 0.303 e. The average molecular weight is 277 g/mol. The van der Waals surface area contributed by atoms with Crippen LogP contribution in [0.3, 0.4) is 0 Å². The number of thiophene rings is 1. The van der Waals surface area contributed by atoms with Gasteiger partial charge in [0.15, 0.2) is 0 Å². The number of carboxylic acid groups (broad SMARTS) is 1. The minimum absolute atomic E-state index is 0.0602. The summed E-state index contributed by atoms with van der Waals surface area (Å²) in [7, 11) is 0. The number of benzene rings is 1. The van der Waals surface area contributed by atoms with Gasteiger partial charge in [0, 0.05) is 28.4 Å². The minimum Gasteiger partial charge on any atom is -0.481 e. The number of carbonyl (C=O) groups excluding carboxylic acids is 1. The Balaban J connectivity index is 2.02. The molecule has 1 aromatic carbocycles. The molecule has 2 aromatic rings. The van der Waals surface area contributed by atoms with Gasteiger partial charge in [0.25, 0.3) is 5.91 Å². The van der Waals surface area contributed by atoms with Crippen LogP contribution in [-0.2, 0) is 4.79 Å². The summed E-state index contributed by atoms with van der Waals surface area (Å²) >= 11 is 1.53. The first-order valence-electron chi connectivity index (χ1n) is 6.04. The SMILES string of the molecule is CC(CNC(=O)c1csc2ccccc12)CC(=O)O. The maximum absolute atomic E-state index is 12.1. The number of aliphatic carboxylic acids is 1. The molecule has 5 heteroatoms. The number of nitrogens with one attached hydrogen (secondary N) is 1. The van der Waals surface area contributed by atoms with Crippen LogP contribution in [-0.4, -0.2) is 23.5 Å². The number of carboxylic acids is 1. The highest BCUT2D eigenvalue weighted by atomic mass is 32.1. The van der Waals surface area contributed by atoms with Crippen molar-refractivity contribution < 1.29 is 14.7 Å². The Morgan fingerprint density at radius 1 is 1.37 bits per heavy atom. The predicted molar refractivity (Wildman–Crippen MR) is 75.6 cm³/mol. The fourth-order valence-electron chi connectivity index (χ4n) is 1.89. The third-order valence-electron chi connectivity index (χ3n) is 2.86. The van der Waals surface area contributed by atoms with E-state index in [9.17, 15) is 9.59 Å². The summed E-state index contributed by atoms with van der Waals surface area (Å²) in [4.78, 5) is 22.6. The Morgan fingerprint density at radius 2 is 2.11 bits per heavy atom. The number of hydrogen-bond acceptors (Lipinski definition) is 3. The number of amides is 1. The lowest BCUT2D eigenvalue weighted by molar-refractivity contribution is -0.137.